The van der Waals surface area contributed by atoms with Crippen molar-refractivity contribution in [2.24, 2.45) is 0 Å². The van der Waals surface area contributed by atoms with E-state index in [1.54, 1.807) is 16.0 Å². The Bertz CT molecular complexity index is 1360. The summed E-state index contributed by atoms with van der Waals surface area (Å²) >= 11 is 8.29. The molecule has 1 aromatic carbocycles. The summed E-state index contributed by atoms with van der Waals surface area (Å²) in [7, 11) is 0. The molecular weight excluding hydrogens is 398 g/mol. The first-order valence-corrected chi connectivity index (χ1v) is 10.2. The molecule has 5 aromatic rings. The minimum absolute atomic E-state index is 0.261. The molecule has 132 valence electrons. The number of para-hydroxylation sites is 1. The Balaban J connectivity index is 1.78. The third kappa shape index (κ3) is 2.76. The Morgan fingerprint density at radius 1 is 1.04 bits per heavy atom. The van der Waals surface area contributed by atoms with Crippen molar-refractivity contribution in [3.05, 3.63) is 68.3 Å². The van der Waals surface area contributed by atoms with Crippen molar-refractivity contribution in [3.63, 3.8) is 0 Å². The van der Waals surface area contributed by atoms with E-state index in [0.29, 0.717) is 16.7 Å². The van der Waals surface area contributed by atoms with Crippen LogP contribution in [0.5, 0.6) is 0 Å². The first kappa shape index (κ1) is 16.3. The highest BCUT2D eigenvalue weighted by atomic mass is 32.1. The summed E-state index contributed by atoms with van der Waals surface area (Å²) in [6, 6.07) is 13.5. The average molecular weight is 410 g/mol. The van der Waals surface area contributed by atoms with Gasteiger partial charge in [0.05, 0.1) is 16.3 Å². The number of aromatic amines is 2. The molecule has 9 heteroatoms. The van der Waals surface area contributed by atoms with Crippen molar-refractivity contribution >= 4 is 45.9 Å². The van der Waals surface area contributed by atoms with E-state index < -0.39 is 0 Å². The number of hydrogen-bond acceptors (Lipinski definition) is 6. The molecule has 0 unspecified atom stereocenters. The molecule has 0 saturated carbocycles. The average Bonchev–Trinajstić information content (AvgIpc) is 3.41. The number of H-pyrrole nitrogens is 2. The van der Waals surface area contributed by atoms with Crippen molar-refractivity contribution in [1.82, 2.24) is 24.7 Å². The summed E-state index contributed by atoms with van der Waals surface area (Å²) in [4.78, 5) is 24.2. The van der Waals surface area contributed by atoms with Crippen LogP contribution < -0.4 is 5.56 Å². The molecule has 0 spiro atoms. The van der Waals surface area contributed by atoms with Gasteiger partial charge in [-0.3, -0.25) is 9.78 Å². The number of rotatable bonds is 3. The van der Waals surface area contributed by atoms with Crippen LogP contribution in [0, 0.1) is 4.77 Å². The van der Waals surface area contributed by atoms with Crippen molar-refractivity contribution in [1.29, 1.82) is 0 Å². The number of nitrogens with zero attached hydrogens (tertiary/aromatic N) is 3. The van der Waals surface area contributed by atoms with Crippen molar-refractivity contribution in [2.75, 3.05) is 0 Å². The molecule has 0 bridgehead atoms. The zero-order valence-corrected chi connectivity index (χ0v) is 16.1. The highest BCUT2D eigenvalue weighted by molar-refractivity contribution is 7.71. The van der Waals surface area contributed by atoms with Crippen LogP contribution in [0.15, 0.2) is 58.0 Å². The highest BCUT2D eigenvalue weighted by Gasteiger charge is 2.20. The van der Waals surface area contributed by atoms with Gasteiger partial charge in [-0.25, -0.2) is 9.67 Å². The van der Waals surface area contributed by atoms with Crippen molar-refractivity contribution in [3.8, 4) is 27.0 Å². The summed E-state index contributed by atoms with van der Waals surface area (Å²) < 4.78 is 1.89. The van der Waals surface area contributed by atoms with E-state index in [9.17, 15) is 4.79 Å². The van der Waals surface area contributed by atoms with Gasteiger partial charge >= 0.3 is 0 Å². The van der Waals surface area contributed by atoms with Crippen LogP contribution in [0.4, 0.5) is 0 Å². The second-order valence-corrected chi connectivity index (χ2v) is 7.96. The largest absolute Gasteiger partial charge is 0.329 e. The van der Waals surface area contributed by atoms with Gasteiger partial charge < -0.3 is 4.98 Å². The second kappa shape index (κ2) is 6.38. The molecule has 27 heavy (non-hydrogen) atoms. The molecular formula is C18H11N5OS3. The summed E-state index contributed by atoms with van der Waals surface area (Å²) in [6.07, 6.45) is 0. The van der Waals surface area contributed by atoms with E-state index in [-0.39, 0.29) is 10.3 Å². The van der Waals surface area contributed by atoms with Crippen LogP contribution in [0.3, 0.4) is 0 Å². The van der Waals surface area contributed by atoms with Gasteiger partial charge in [0, 0.05) is 5.38 Å². The topological polar surface area (TPSA) is 79.4 Å². The Hall–Kier alpha value is -2.88. The Morgan fingerprint density at radius 2 is 1.89 bits per heavy atom. The zero-order valence-electron chi connectivity index (χ0n) is 13.7. The quantitative estimate of drug-likeness (QED) is 0.426. The summed E-state index contributed by atoms with van der Waals surface area (Å²) in [5, 5.41) is 9.44. The van der Waals surface area contributed by atoms with Crippen LogP contribution in [0.25, 0.3) is 38.0 Å². The maximum atomic E-state index is 12.6. The number of thiophene rings is 1. The van der Waals surface area contributed by atoms with Gasteiger partial charge in [-0.05, 0) is 35.8 Å². The molecule has 0 aliphatic rings. The number of aromatic nitrogens is 5. The first-order chi connectivity index (χ1) is 13.2. The minimum Gasteiger partial charge on any atom is -0.329 e. The molecule has 6 nitrogen and oxygen atoms in total. The summed E-state index contributed by atoms with van der Waals surface area (Å²) in [5.41, 5.74) is 3.01. The predicted molar refractivity (Wildman–Crippen MR) is 111 cm³/mol. The van der Waals surface area contributed by atoms with Crippen LogP contribution in [0.2, 0.25) is 0 Å². The molecule has 0 aliphatic carbocycles. The number of nitrogens with one attached hydrogen (secondary N) is 2. The molecule has 4 aromatic heterocycles. The second-order valence-electron chi connectivity index (χ2n) is 5.74. The fourth-order valence-electron chi connectivity index (χ4n) is 2.88. The highest BCUT2D eigenvalue weighted by Crippen LogP contribution is 2.33. The third-order valence-corrected chi connectivity index (χ3v) is 5.99. The molecule has 4 heterocycles. The van der Waals surface area contributed by atoms with E-state index >= 15 is 0 Å². The molecule has 0 radical (unpaired) electrons. The number of benzene rings is 1. The molecule has 0 aliphatic heterocycles. The van der Waals surface area contributed by atoms with Crippen LogP contribution in [0.1, 0.15) is 0 Å². The third-order valence-electron chi connectivity index (χ3n) is 4.05. The van der Waals surface area contributed by atoms with Crippen LogP contribution >= 0.6 is 34.9 Å². The van der Waals surface area contributed by atoms with Gasteiger partial charge in [0.15, 0.2) is 10.3 Å². The lowest BCUT2D eigenvalue weighted by molar-refractivity contribution is 0.906. The molecule has 0 amide bonds. The standard InChI is InChI=1S/C18H11N5OS3/c24-16-15-13(20-18(25)21-16)14(22-23(15)10-5-2-1-3-6-10)17-19-11(9-27-17)12-7-4-8-26-12/h1-9H,(H2,20,21,24,25). The van der Waals surface area contributed by atoms with Gasteiger partial charge in [-0.1, -0.05) is 24.3 Å². The SMILES string of the molecule is O=c1[nH]c(=S)[nH]c2c(-c3nc(-c4cccs4)cs3)nn(-c3ccccc3)c12. The Labute approximate surface area is 165 Å². The van der Waals surface area contributed by atoms with E-state index in [1.807, 2.05) is 53.2 Å². The lowest BCUT2D eigenvalue weighted by atomic mass is 10.3. The smallest absolute Gasteiger partial charge is 0.278 e. The molecule has 2 N–H and O–H groups in total. The van der Waals surface area contributed by atoms with E-state index in [1.165, 1.54) is 11.3 Å². The molecule has 0 atom stereocenters. The van der Waals surface area contributed by atoms with Crippen LogP contribution in [-0.2, 0) is 0 Å². The van der Waals surface area contributed by atoms with Crippen LogP contribution in [-0.4, -0.2) is 24.7 Å². The fraction of sp³-hybridized carbons (Fsp3) is 0. The van der Waals surface area contributed by atoms with E-state index in [4.69, 9.17) is 22.3 Å². The van der Waals surface area contributed by atoms with Gasteiger partial charge in [0.1, 0.15) is 16.2 Å². The number of fused-ring (bicyclic) bond motifs is 1. The summed E-state index contributed by atoms with van der Waals surface area (Å²) in [6.45, 7) is 0. The molecule has 0 saturated heterocycles. The first-order valence-electron chi connectivity index (χ1n) is 8.01. The monoisotopic (exact) mass is 409 g/mol. The maximum absolute atomic E-state index is 12.6. The Kier molecular flexibility index (Phi) is 3.85. The normalized spacial score (nSPS) is 11.3. The number of thiazole rings is 1. The number of hydrogen-bond donors (Lipinski definition) is 2. The molecule has 0 fully saturated rings. The zero-order chi connectivity index (χ0) is 18.4. The van der Waals surface area contributed by atoms with Crippen molar-refractivity contribution < 1.29 is 0 Å². The minimum atomic E-state index is -0.286. The maximum Gasteiger partial charge on any atom is 0.278 e. The van der Waals surface area contributed by atoms with Crippen molar-refractivity contribution in [2.45, 2.75) is 0 Å². The lowest BCUT2D eigenvalue weighted by Crippen LogP contribution is -2.11. The summed E-state index contributed by atoms with van der Waals surface area (Å²) in [5.74, 6) is 0. The fourth-order valence-corrected chi connectivity index (χ4v) is 4.64. The molecule has 5 rings (SSSR count). The predicted octanol–water partition coefficient (Wildman–Crippen LogP) is 4.62. The van der Waals surface area contributed by atoms with E-state index in [0.717, 1.165) is 21.3 Å². The Morgan fingerprint density at radius 3 is 2.67 bits per heavy atom. The van der Waals surface area contributed by atoms with Gasteiger partial charge in [-0.15, -0.1) is 22.7 Å². The van der Waals surface area contributed by atoms with E-state index in [2.05, 4.69) is 9.97 Å². The van der Waals surface area contributed by atoms with Gasteiger partial charge in [0.2, 0.25) is 0 Å². The van der Waals surface area contributed by atoms with Gasteiger partial charge in [-0.2, -0.15) is 5.10 Å². The lowest BCUT2D eigenvalue weighted by Gasteiger charge is -2.01. The van der Waals surface area contributed by atoms with Gasteiger partial charge in [0.25, 0.3) is 5.56 Å².